The molecule has 164 valence electrons. The Bertz CT molecular complexity index is 1320. The summed E-state index contributed by atoms with van der Waals surface area (Å²) in [4.78, 5) is 30.0. The number of aromatic nitrogens is 4. The molecule has 1 fully saturated rings. The summed E-state index contributed by atoms with van der Waals surface area (Å²) in [5.74, 6) is 1.18. The molecule has 5 rings (SSSR count). The smallest absolute Gasteiger partial charge is 0.266 e. The Morgan fingerprint density at radius 3 is 2.78 bits per heavy atom. The first-order valence-electron chi connectivity index (χ1n) is 10.6. The van der Waals surface area contributed by atoms with Gasteiger partial charge in [-0.15, -0.1) is 11.3 Å². The third-order valence-corrected chi connectivity index (χ3v) is 6.43. The van der Waals surface area contributed by atoms with Gasteiger partial charge < -0.3 is 10.1 Å². The van der Waals surface area contributed by atoms with Gasteiger partial charge in [-0.25, -0.2) is 9.67 Å². The molecule has 1 N–H and O–H groups in total. The first kappa shape index (κ1) is 20.4. The van der Waals surface area contributed by atoms with Crippen LogP contribution in [0.2, 0.25) is 0 Å². The van der Waals surface area contributed by atoms with Crippen LogP contribution >= 0.6 is 11.3 Å². The number of thiazole rings is 1. The van der Waals surface area contributed by atoms with E-state index in [1.165, 1.54) is 16.0 Å². The highest BCUT2D eigenvalue weighted by atomic mass is 32.1. The lowest BCUT2D eigenvalue weighted by Gasteiger charge is -2.08. The van der Waals surface area contributed by atoms with Crippen LogP contribution in [0.15, 0.2) is 52.8 Å². The molecular weight excluding hydrogens is 426 g/mol. The van der Waals surface area contributed by atoms with Crippen molar-refractivity contribution in [2.45, 2.75) is 31.7 Å². The average Bonchev–Trinajstić information content (AvgIpc) is 3.47. The number of hydrogen-bond acceptors (Lipinski definition) is 6. The Morgan fingerprint density at radius 2 is 2.03 bits per heavy atom. The summed E-state index contributed by atoms with van der Waals surface area (Å²) in [6.07, 6.45) is 4.45. The van der Waals surface area contributed by atoms with E-state index in [-0.39, 0.29) is 17.9 Å². The fourth-order valence-corrected chi connectivity index (χ4v) is 4.48. The molecule has 32 heavy (non-hydrogen) atoms. The number of benzene rings is 1. The van der Waals surface area contributed by atoms with Crippen LogP contribution in [0.4, 0.5) is 0 Å². The second kappa shape index (κ2) is 8.58. The predicted molar refractivity (Wildman–Crippen MR) is 122 cm³/mol. The van der Waals surface area contributed by atoms with Gasteiger partial charge in [-0.3, -0.25) is 14.0 Å². The highest BCUT2D eigenvalue weighted by Gasteiger charge is 2.25. The Kier molecular flexibility index (Phi) is 5.48. The van der Waals surface area contributed by atoms with Crippen LogP contribution in [0.1, 0.15) is 30.1 Å². The van der Waals surface area contributed by atoms with Crippen LogP contribution in [0.5, 0.6) is 5.75 Å². The zero-order valence-corrected chi connectivity index (χ0v) is 18.5. The number of hydrogen-bond donors (Lipinski definition) is 1. The molecule has 3 heterocycles. The van der Waals surface area contributed by atoms with Gasteiger partial charge >= 0.3 is 0 Å². The first-order chi connectivity index (χ1) is 15.6. The van der Waals surface area contributed by atoms with E-state index in [4.69, 9.17) is 4.74 Å². The number of fused-ring (bicyclic) bond motifs is 1. The van der Waals surface area contributed by atoms with Crippen LogP contribution < -0.4 is 15.6 Å². The van der Waals surface area contributed by atoms with Gasteiger partial charge in [0.1, 0.15) is 5.75 Å². The van der Waals surface area contributed by atoms with E-state index < -0.39 is 0 Å². The van der Waals surface area contributed by atoms with E-state index in [0.29, 0.717) is 19.0 Å². The second-order valence-electron chi connectivity index (χ2n) is 7.85. The van der Waals surface area contributed by atoms with Crippen LogP contribution in [0.25, 0.3) is 16.2 Å². The maximum absolute atomic E-state index is 12.5. The summed E-state index contributed by atoms with van der Waals surface area (Å²) >= 11 is 1.50. The minimum absolute atomic E-state index is 0.101. The summed E-state index contributed by atoms with van der Waals surface area (Å²) in [7, 11) is 1.64. The fourth-order valence-electron chi connectivity index (χ4n) is 3.61. The highest BCUT2D eigenvalue weighted by molar-refractivity contribution is 7.15. The SMILES string of the molecule is COc1ccc(-c2cn3c(CC(=O)NCCn4nc(C5CC5)ccc4=O)csc3n2)cc1. The molecule has 0 unspecified atom stereocenters. The van der Waals surface area contributed by atoms with E-state index in [9.17, 15) is 9.59 Å². The van der Waals surface area contributed by atoms with E-state index in [0.717, 1.165) is 46.2 Å². The molecule has 8 nitrogen and oxygen atoms in total. The number of imidazole rings is 1. The molecule has 9 heteroatoms. The van der Waals surface area contributed by atoms with Gasteiger partial charge in [0.2, 0.25) is 5.91 Å². The number of carbonyl (C=O) groups is 1. The van der Waals surface area contributed by atoms with Crippen molar-refractivity contribution < 1.29 is 9.53 Å². The van der Waals surface area contributed by atoms with E-state index in [1.54, 1.807) is 13.2 Å². The van der Waals surface area contributed by atoms with Crippen LogP contribution in [0, 0.1) is 0 Å². The molecule has 0 bridgehead atoms. The van der Waals surface area contributed by atoms with E-state index >= 15 is 0 Å². The molecule has 1 aliphatic rings. The number of nitrogens with one attached hydrogen (secondary N) is 1. The lowest BCUT2D eigenvalue weighted by Crippen LogP contribution is -2.33. The van der Waals surface area contributed by atoms with E-state index in [2.05, 4.69) is 15.4 Å². The first-order valence-corrected chi connectivity index (χ1v) is 11.4. The molecule has 3 aromatic heterocycles. The van der Waals surface area contributed by atoms with E-state index in [1.807, 2.05) is 46.3 Å². The lowest BCUT2D eigenvalue weighted by atomic mass is 10.2. The molecule has 0 radical (unpaired) electrons. The quantitative estimate of drug-likeness (QED) is 0.447. The van der Waals surface area contributed by atoms with Gasteiger partial charge in [0, 0.05) is 41.4 Å². The zero-order valence-electron chi connectivity index (χ0n) is 17.7. The average molecular weight is 450 g/mol. The molecule has 1 aromatic carbocycles. The molecular formula is C23H23N5O3S. The maximum atomic E-state index is 12.5. The standard InChI is InChI=1S/C23H23N5O3S/c1-31-18-6-4-16(5-7-18)20-13-27-17(14-32-23(27)25-20)12-21(29)24-10-11-28-22(30)9-8-19(26-28)15-2-3-15/h4-9,13-15H,2-3,10-12H2,1H3,(H,24,29). The molecule has 0 atom stereocenters. The summed E-state index contributed by atoms with van der Waals surface area (Å²) in [5.41, 5.74) is 3.53. The van der Waals surface area contributed by atoms with Gasteiger partial charge in [-0.05, 0) is 43.2 Å². The summed E-state index contributed by atoms with van der Waals surface area (Å²) < 4.78 is 8.60. The minimum Gasteiger partial charge on any atom is -0.497 e. The highest BCUT2D eigenvalue weighted by Crippen LogP contribution is 2.38. The topological polar surface area (TPSA) is 90.5 Å². The van der Waals surface area contributed by atoms with Crippen LogP contribution in [-0.4, -0.2) is 38.7 Å². The predicted octanol–water partition coefficient (Wildman–Crippen LogP) is 2.86. The third kappa shape index (κ3) is 4.29. The monoisotopic (exact) mass is 449 g/mol. The van der Waals surface area contributed by atoms with Gasteiger partial charge in [0.05, 0.1) is 31.5 Å². The van der Waals surface area contributed by atoms with Gasteiger partial charge in [-0.1, -0.05) is 0 Å². The summed E-state index contributed by atoms with van der Waals surface area (Å²) in [6, 6.07) is 11.1. The molecule has 1 saturated carbocycles. The molecule has 1 amide bonds. The fraction of sp³-hybridized carbons (Fsp3) is 0.304. The summed E-state index contributed by atoms with van der Waals surface area (Å²) in [6.45, 7) is 0.713. The van der Waals surface area contributed by atoms with Crippen molar-refractivity contribution in [1.82, 2.24) is 24.5 Å². The number of nitrogens with zero attached hydrogens (tertiary/aromatic N) is 4. The number of methoxy groups -OCH3 is 1. The molecule has 0 aliphatic heterocycles. The van der Waals surface area contributed by atoms with Crippen molar-refractivity contribution in [2.75, 3.05) is 13.7 Å². The second-order valence-corrected chi connectivity index (χ2v) is 8.69. The van der Waals surface area contributed by atoms with Crippen molar-refractivity contribution in [3.8, 4) is 17.0 Å². The molecule has 1 aliphatic carbocycles. The van der Waals surface area contributed by atoms with Crippen LogP contribution in [-0.2, 0) is 17.8 Å². The molecule has 0 spiro atoms. The summed E-state index contributed by atoms with van der Waals surface area (Å²) in [5, 5.41) is 9.27. The maximum Gasteiger partial charge on any atom is 0.266 e. The van der Waals surface area contributed by atoms with Gasteiger partial charge in [-0.2, -0.15) is 5.10 Å². The molecule has 4 aromatic rings. The third-order valence-electron chi connectivity index (χ3n) is 5.54. The number of ether oxygens (including phenoxy) is 1. The Balaban J connectivity index is 1.21. The zero-order chi connectivity index (χ0) is 22.1. The Hall–Kier alpha value is -3.46. The van der Waals surface area contributed by atoms with Crippen molar-refractivity contribution in [2.24, 2.45) is 0 Å². The molecule has 0 saturated heterocycles. The lowest BCUT2D eigenvalue weighted by molar-refractivity contribution is -0.120. The number of amides is 1. The normalized spacial score (nSPS) is 13.4. The van der Waals surface area contributed by atoms with Crippen LogP contribution in [0.3, 0.4) is 0 Å². The van der Waals surface area contributed by atoms with Crippen molar-refractivity contribution in [1.29, 1.82) is 0 Å². The Labute approximate surface area is 188 Å². The Morgan fingerprint density at radius 1 is 1.22 bits per heavy atom. The van der Waals surface area contributed by atoms with Crippen molar-refractivity contribution in [3.05, 3.63) is 69.7 Å². The number of carbonyl (C=O) groups excluding carboxylic acids is 1. The minimum atomic E-state index is -0.146. The van der Waals surface area contributed by atoms with Gasteiger partial charge in [0.15, 0.2) is 4.96 Å². The largest absolute Gasteiger partial charge is 0.497 e. The van der Waals surface area contributed by atoms with Gasteiger partial charge in [0.25, 0.3) is 5.56 Å². The number of rotatable bonds is 8. The van der Waals surface area contributed by atoms with Crippen molar-refractivity contribution >= 4 is 22.2 Å². The van der Waals surface area contributed by atoms with Crippen molar-refractivity contribution in [3.63, 3.8) is 0 Å².